The van der Waals surface area contributed by atoms with Crippen LogP contribution in [-0.2, 0) is 13.0 Å². The van der Waals surface area contributed by atoms with Crippen molar-refractivity contribution in [1.82, 2.24) is 10.2 Å². The number of piperidine rings is 1. The highest BCUT2D eigenvalue weighted by atomic mass is 16.5. The normalized spacial score (nSPS) is 28.2. The molecule has 2 atom stereocenters. The summed E-state index contributed by atoms with van der Waals surface area (Å²) in [7, 11) is 2.23. The molecular formula is C18H28N2O. The van der Waals surface area contributed by atoms with Crippen molar-refractivity contribution in [2.75, 3.05) is 13.6 Å². The minimum Gasteiger partial charge on any atom is -0.487 e. The van der Waals surface area contributed by atoms with E-state index in [1.54, 1.807) is 0 Å². The number of fused-ring (bicyclic) bond motifs is 1. The lowest BCUT2D eigenvalue weighted by Crippen LogP contribution is -2.45. The summed E-state index contributed by atoms with van der Waals surface area (Å²) in [6.45, 7) is 8.80. The minimum atomic E-state index is -0.0439. The van der Waals surface area contributed by atoms with Crippen LogP contribution in [0.5, 0.6) is 5.75 Å². The zero-order valence-corrected chi connectivity index (χ0v) is 13.8. The summed E-state index contributed by atoms with van der Waals surface area (Å²) in [5, 5.41) is 3.73. The third-order valence-corrected chi connectivity index (χ3v) is 4.93. The molecule has 1 aromatic rings. The first-order chi connectivity index (χ1) is 9.93. The zero-order chi connectivity index (χ0) is 15.0. The first-order valence-electron chi connectivity index (χ1n) is 8.17. The third kappa shape index (κ3) is 3.41. The number of likely N-dealkylation sites (tertiary alicyclic amines) is 1. The maximum absolute atomic E-state index is 5.94. The quantitative estimate of drug-likeness (QED) is 0.925. The number of nitrogens with zero attached hydrogens (tertiary/aromatic N) is 1. The molecule has 0 radical (unpaired) electrons. The molecule has 0 amide bonds. The molecule has 0 aliphatic carbocycles. The maximum Gasteiger partial charge on any atom is 0.123 e. The van der Waals surface area contributed by atoms with Gasteiger partial charge in [0.15, 0.2) is 0 Å². The summed E-state index contributed by atoms with van der Waals surface area (Å²) in [6, 6.07) is 7.99. The molecule has 1 N–H and O–H groups in total. The number of ether oxygens (including phenoxy) is 1. The van der Waals surface area contributed by atoms with Crippen LogP contribution in [0.15, 0.2) is 18.2 Å². The Bertz CT molecular complexity index is 512. The average Bonchev–Trinajstić information content (AvgIpc) is 2.73. The fourth-order valence-corrected chi connectivity index (χ4v) is 3.51. The fraction of sp³-hybridized carbons (Fsp3) is 0.667. The lowest BCUT2D eigenvalue weighted by atomic mass is 9.98. The van der Waals surface area contributed by atoms with Crippen LogP contribution in [0.25, 0.3) is 0 Å². The highest BCUT2D eigenvalue weighted by molar-refractivity contribution is 5.41. The summed E-state index contributed by atoms with van der Waals surface area (Å²) in [4.78, 5) is 2.45. The molecule has 0 spiro atoms. The van der Waals surface area contributed by atoms with Gasteiger partial charge in [-0.1, -0.05) is 12.1 Å². The number of hydrogen-bond donors (Lipinski definition) is 1. The second-order valence-electron chi connectivity index (χ2n) is 7.41. The molecular weight excluding hydrogens is 260 g/mol. The standard InChI is InChI=1S/C18H28N2O/c1-13-9-16(7-8-20(13)4)19-12-14-5-6-17-15(10-14)11-18(2,3)21-17/h5-6,10,13,16,19H,7-9,11-12H2,1-4H3. The Labute approximate surface area is 128 Å². The Morgan fingerprint density at radius 2 is 2.19 bits per heavy atom. The fourth-order valence-electron chi connectivity index (χ4n) is 3.51. The molecule has 0 saturated carbocycles. The Kier molecular flexibility index (Phi) is 3.98. The van der Waals surface area contributed by atoms with E-state index < -0.39 is 0 Å². The molecule has 0 aromatic heterocycles. The molecule has 0 bridgehead atoms. The molecule has 3 heteroatoms. The number of hydrogen-bond acceptors (Lipinski definition) is 3. The number of benzene rings is 1. The number of nitrogens with one attached hydrogen (secondary N) is 1. The van der Waals surface area contributed by atoms with Gasteiger partial charge in [-0.3, -0.25) is 0 Å². The predicted octanol–water partition coefficient (Wildman–Crippen LogP) is 2.97. The largest absolute Gasteiger partial charge is 0.487 e. The van der Waals surface area contributed by atoms with Crippen molar-refractivity contribution in [3.8, 4) is 5.75 Å². The van der Waals surface area contributed by atoms with Crippen LogP contribution in [0.3, 0.4) is 0 Å². The molecule has 1 fully saturated rings. The van der Waals surface area contributed by atoms with Gasteiger partial charge >= 0.3 is 0 Å². The number of rotatable bonds is 3. The zero-order valence-electron chi connectivity index (χ0n) is 13.8. The van der Waals surface area contributed by atoms with Crippen molar-refractivity contribution in [3.05, 3.63) is 29.3 Å². The summed E-state index contributed by atoms with van der Waals surface area (Å²) >= 11 is 0. The molecule has 2 unspecified atom stereocenters. The highest BCUT2D eigenvalue weighted by Gasteiger charge is 2.30. The van der Waals surface area contributed by atoms with Gasteiger partial charge in [-0.15, -0.1) is 0 Å². The molecule has 3 nitrogen and oxygen atoms in total. The SMILES string of the molecule is CC1CC(NCc2ccc3c(c2)CC(C)(C)O3)CCN1C. The van der Waals surface area contributed by atoms with Crippen molar-refractivity contribution in [3.63, 3.8) is 0 Å². The van der Waals surface area contributed by atoms with E-state index in [1.165, 1.54) is 30.5 Å². The van der Waals surface area contributed by atoms with Crippen LogP contribution in [0.1, 0.15) is 44.7 Å². The lowest BCUT2D eigenvalue weighted by molar-refractivity contribution is 0.138. The van der Waals surface area contributed by atoms with Crippen LogP contribution in [0.4, 0.5) is 0 Å². The van der Waals surface area contributed by atoms with Crippen LogP contribution >= 0.6 is 0 Å². The summed E-state index contributed by atoms with van der Waals surface area (Å²) in [5.41, 5.74) is 2.69. The van der Waals surface area contributed by atoms with Crippen LogP contribution in [0, 0.1) is 0 Å². The van der Waals surface area contributed by atoms with E-state index >= 15 is 0 Å². The van der Waals surface area contributed by atoms with E-state index in [0.29, 0.717) is 12.1 Å². The molecule has 3 rings (SSSR count). The van der Waals surface area contributed by atoms with Gasteiger partial charge in [0.1, 0.15) is 11.4 Å². The summed E-state index contributed by atoms with van der Waals surface area (Å²) < 4.78 is 5.94. The molecule has 2 aliphatic rings. The van der Waals surface area contributed by atoms with Gasteiger partial charge in [-0.05, 0) is 64.4 Å². The predicted molar refractivity (Wildman–Crippen MR) is 86.8 cm³/mol. The Hall–Kier alpha value is -1.06. The van der Waals surface area contributed by atoms with Gasteiger partial charge < -0.3 is 15.0 Å². The molecule has 2 heterocycles. The van der Waals surface area contributed by atoms with E-state index in [9.17, 15) is 0 Å². The van der Waals surface area contributed by atoms with Gasteiger partial charge in [0.2, 0.25) is 0 Å². The summed E-state index contributed by atoms with van der Waals surface area (Å²) in [6.07, 6.45) is 3.51. The van der Waals surface area contributed by atoms with Gasteiger partial charge in [0, 0.05) is 25.0 Å². The lowest BCUT2D eigenvalue weighted by Gasteiger charge is -2.35. The van der Waals surface area contributed by atoms with Crippen molar-refractivity contribution in [1.29, 1.82) is 0 Å². The van der Waals surface area contributed by atoms with Gasteiger partial charge in [-0.25, -0.2) is 0 Å². The van der Waals surface area contributed by atoms with Crippen molar-refractivity contribution >= 4 is 0 Å². The average molecular weight is 288 g/mol. The van der Waals surface area contributed by atoms with E-state index in [1.807, 2.05) is 0 Å². The van der Waals surface area contributed by atoms with Crippen molar-refractivity contribution in [2.24, 2.45) is 0 Å². The third-order valence-electron chi connectivity index (χ3n) is 4.93. The van der Waals surface area contributed by atoms with Crippen LogP contribution in [-0.4, -0.2) is 36.2 Å². The Morgan fingerprint density at radius 3 is 2.95 bits per heavy atom. The summed E-state index contributed by atoms with van der Waals surface area (Å²) in [5.74, 6) is 1.07. The molecule has 21 heavy (non-hydrogen) atoms. The van der Waals surface area contributed by atoms with E-state index in [4.69, 9.17) is 4.74 Å². The van der Waals surface area contributed by atoms with Crippen molar-refractivity contribution in [2.45, 2.75) is 64.3 Å². The second kappa shape index (κ2) is 5.62. The highest BCUT2D eigenvalue weighted by Crippen LogP contribution is 2.35. The smallest absolute Gasteiger partial charge is 0.123 e. The first kappa shape index (κ1) is 14.9. The second-order valence-corrected chi connectivity index (χ2v) is 7.41. The van der Waals surface area contributed by atoms with Crippen LogP contribution in [0.2, 0.25) is 0 Å². The monoisotopic (exact) mass is 288 g/mol. The van der Waals surface area contributed by atoms with E-state index in [0.717, 1.165) is 18.7 Å². The Balaban J connectivity index is 1.57. The van der Waals surface area contributed by atoms with E-state index in [-0.39, 0.29) is 5.60 Å². The topological polar surface area (TPSA) is 24.5 Å². The maximum atomic E-state index is 5.94. The molecule has 1 aromatic carbocycles. The van der Waals surface area contributed by atoms with Gasteiger partial charge in [-0.2, -0.15) is 0 Å². The van der Waals surface area contributed by atoms with E-state index in [2.05, 4.69) is 56.2 Å². The molecule has 116 valence electrons. The van der Waals surface area contributed by atoms with Crippen LogP contribution < -0.4 is 10.1 Å². The Morgan fingerprint density at radius 1 is 1.38 bits per heavy atom. The van der Waals surface area contributed by atoms with Crippen molar-refractivity contribution < 1.29 is 4.74 Å². The van der Waals surface area contributed by atoms with Gasteiger partial charge in [0.05, 0.1) is 0 Å². The van der Waals surface area contributed by atoms with Gasteiger partial charge in [0.25, 0.3) is 0 Å². The minimum absolute atomic E-state index is 0.0439. The molecule has 1 saturated heterocycles. The molecule has 2 aliphatic heterocycles. The first-order valence-corrected chi connectivity index (χ1v) is 8.17.